The first kappa shape index (κ1) is 6.61. The van der Waals surface area contributed by atoms with E-state index in [-0.39, 0.29) is 9.81 Å². The topological polar surface area (TPSA) is 0 Å². The Bertz CT molecular complexity index is 235. The van der Waals surface area contributed by atoms with E-state index in [1.54, 1.807) is 8.89 Å². The SMILES string of the molecule is CC1=CC2=[Se]([Se]C=C2)[Se]1. The van der Waals surface area contributed by atoms with Gasteiger partial charge < -0.3 is 0 Å². The van der Waals surface area contributed by atoms with Crippen LogP contribution in [-0.2, 0) is 0 Å². The molecule has 0 saturated heterocycles. The van der Waals surface area contributed by atoms with E-state index >= 15 is 0 Å². The third-order valence-electron chi connectivity index (χ3n) is 1.12. The predicted octanol–water partition coefficient (Wildman–Crippen LogP) is 0.0818. The van der Waals surface area contributed by atoms with Crippen LogP contribution in [0.15, 0.2) is 21.6 Å². The van der Waals surface area contributed by atoms with Crippen LogP contribution in [-0.4, -0.2) is 40.5 Å². The van der Waals surface area contributed by atoms with E-state index in [9.17, 15) is 0 Å². The van der Waals surface area contributed by atoms with Gasteiger partial charge in [0.2, 0.25) is 0 Å². The van der Waals surface area contributed by atoms with Crippen molar-refractivity contribution < 1.29 is 0 Å². The Morgan fingerprint density at radius 1 is 1.56 bits per heavy atom. The summed E-state index contributed by atoms with van der Waals surface area (Å²) in [6, 6.07) is 0. The van der Waals surface area contributed by atoms with Crippen LogP contribution in [0.1, 0.15) is 6.92 Å². The molecule has 0 aromatic carbocycles. The van der Waals surface area contributed by atoms with Crippen molar-refractivity contribution in [2.24, 2.45) is 0 Å². The van der Waals surface area contributed by atoms with Crippen molar-refractivity contribution in [1.29, 1.82) is 0 Å². The van der Waals surface area contributed by atoms with Gasteiger partial charge in [-0.1, -0.05) is 0 Å². The standard InChI is InChI=1S/C6H6Se3/c1-5-4-6-2-3-7-9(6)8-5/h2-4H,1H3. The molecular formula is C6H6Se3. The molecule has 0 saturated carbocycles. The van der Waals surface area contributed by atoms with Gasteiger partial charge >= 0.3 is 69.0 Å². The molecule has 0 radical (unpaired) electrons. The molecule has 0 nitrogen and oxygen atoms in total. The molecule has 3 heteroatoms. The fraction of sp³-hybridized carbons (Fsp3) is 0.167. The number of rotatable bonds is 0. The number of allylic oxidation sites excluding steroid dienone is 3. The second kappa shape index (κ2) is 2.51. The maximum atomic E-state index is 2.43. The fourth-order valence-electron chi connectivity index (χ4n) is 0.764. The first-order chi connectivity index (χ1) is 4.36. The van der Waals surface area contributed by atoms with Gasteiger partial charge in [0.05, 0.1) is 0 Å². The average molecular weight is 315 g/mol. The first-order valence-electron chi connectivity index (χ1n) is 2.68. The van der Waals surface area contributed by atoms with Crippen molar-refractivity contribution in [3.8, 4) is 0 Å². The predicted molar refractivity (Wildman–Crippen MR) is 45.2 cm³/mol. The van der Waals surface area contributed by atoms with E-state index in [0.717, 1.165) is 26.3 Å². The Morgan fingerprint density at radius 3 is 3.22 bits per heavy atom. The molecule has 0 spiro atoms. The normalized spacial score (nSPS) is 31.0. The Kier molecular flexibility index (Phi) is 1.84. The molecule has 0 aliphatic carbocycles. The zero-order valence-electron chi connectivity index (χ0n) is 4.96. The van der Waals surface area contributed by atoms with Gasteiger partial charge in [-0.3, -0.25) is 0 Å². The molecule has 2 heterocycles. The third kappa shape index (κ3) is 1.19. The monoisotopic (exact) mass is 318 g/mol. The van der Waals surface area contributed by atoms with Crippen LogP contribution < -0.4 is 0 Å². The molecule has 0 amide bonds. The average Bonchev–Trinajstić information content (AvgIpc) is 2.22. The summed E-state index contributed by atoms with van der Waals surface area (Å²) in [5.74, 6) is 0. The Hall–Kier alpha value is 0.908. The summed E-state index contributed by atoms with van der Waals surface area (Å²) in [5.41, 5.74) is 0. The summed E-state index contributed by atoms with van der Waals surface area (Å²) < 4.78 is 3.43. The van der Waals surface area contributed by atoms with Gasteiger partial charge in [0.25, 0.3) is 0 Å². The van der Waals surface area contributed by atoms with E-state index < -0.39 is 0 Å². The van der Waals surface area contributed by atoms with E-state index in [1.165, 1.54) is 0 Å². The Morgan fingerprint density at radius 2 is 2.44 bits per heavy atom. The van der Waals surface area contributed by atoms with Crippen molar-refractivity contribution in [1.82, 2.24) is 0 Å². The first-order valence-corrected chi connectivity index (χ1v) is 14.0. The van der Waals surface area contributed by atoms with E-state index in [0.29, 0.717) is 0 Å². The molecule has 2 aliphatic rings. The van der Waals surface area contributed by atoms with Crippen LogP contribution in [0.4, 0.5) is 0 Å². The van der Waals surface area contributed by atoms with Crippen LogP contribution in [0, 0.1) is 0 Å². The molecule has 0 N–H and O–H groups in total. The van der Waals surface area contributed by atoms with Gasteiger partial charge in [0.1, 0.15) is 0 Å². The molecule has 48 valence electrons. The Labute approximate surface area is 68.6 Å². The van der Waals surface area contributed by atoms with Gasteiger partial charge in [0.15, 0.2) is 0 Å². The number of hydrogen-bond donors (Lipinski definition) is 0. The summed E-state index contributed by atoms with van der Waals surface area (Å²) in [7, 11) is -0.138. The van der Waals surface area contributed by atoms with E-state index in [2.05, 4.69) is 24.1 Å². The molecule has 0 aromatic heterocycles. The Balaban J connectivity index is 2.37. The third-order valence-corrected chi connectivity index (χ3v) is 24.6. The van der Waals surface area contributed by atoms with Crippen molar-refractivity contribution in [3.63, 3.8) is 0 Å². The summed E-state index contributed by atoms with van der Waals surface area (Å²) in [5, 5.41) is 0. The minimum atomic E-state index is -0.138. The van der Waals surface area contributed by atoms with Gasteiger partial charge in [-0.25, -0.2) is 0 Å². The van der Waals surface area contributed by atoms with Crippen LogP contribution in [0.25, 0.3) is 0 Å². The molecular weight excluding hydrogens is 309 g/mol. The zero-order chi connectivity index (χ0) is 6.27. The molecule has 0 aromatic rings. The minimum absolute atomic E-state index is 0.138. The molecule has 0 bridgehead atoms. The van der Waals surface area contributed by atoms with Crippen molar-refractivity contribution in [3.05, 3.63) is 21.6 Å². The van der Waals surface area contributed by atoms with Crippen molar-refractivity contribution in [2.45, 2.75) is 6.92 Å². The second-order valence-corrected chi connectivity index (χ2v) is 23.3. The zero-order valence-corrected chi connectivity index (χ0v) is 10.1. The quantitative estimate of drug-likeness (QED) is 0.556. The molecule has 1 unspecified atom stereocenters. The van der Waals surface area contributed by atoms with Crippen LogP contribution >= 0.6 is 0 Å². The summed E-state index contributed by atoms with van der Waals surface area (Å²) in [6.45, 7) is 2.29. The fourth-order valence-corrected chi connectivity index (χ4v) is 25.2. The van der Waals surface area contributed by atoms with Crippen molar-refractivity contribution >= 4 is 40.5 Å². The van der Waals surface area contributed by atoms with Gasteiger partial charge in [-0.15, -0.1) is 0 Å². The van der Waals surface area contributed by atoms with Gasteiger partial charge in [0, 0.05) is 0 Å². The molecule has 2 aliphatic heterocycles. The van der Waals surface area contributed by atoms with Crippen molar-refractivity contribution in [2.75, 3.05) is 0 Å². The van der Waals surface area contributed by atoms with Crippen LogP contribution in [0.3, 0.4) is 0 Å². The number of hydrogen-bond acceptors (Lipinski definition) is 0. The van der Waals surface area contributed by atoms with Gasteiger partial charge in [-0.2, -0.15) is 0 Å². The van der Waals surface area contributed by atoms with Crippen LogP contribution in [0.5, 0.6) is 0 Å². The summed E-state index contributed by atoms with van der Waals surface area (Å²) in [4.78, 5) is 2.41. The van der Waals surface area contributed by atoms with E-state index in [1.807, 2.05) is 0 Å². The maximum absolute atomic E-state index is 2.43. The second-order valence-electron chi connectivity index (χ2n) is 1.87. The van der Waals surface area contributed by atoms with E-state index in [4.69, 9.17) is 0 Å². The molecule has 2 rings (SSSR count). The molecule has 1 atom stereocenters. The summed E-state index contributed by atoms with van der Waals surface area (Å²) >= 11 is 1.88. The molecule has 0 fully saturated rings. The van der Waals surface area contributed by atoms with Crippen LogP contribution in [0.2, 0.25) is 0 Å². The summed E-state index contributed by atoms with van der Waals surface area (Å²) in [6.07, 6.45) is 4.79. The van der Waals surface area contributed by atoms with Gasteiger partial charge in [-0.05, 0) is 0 Å². The molecule has 9 heavy (non-hydrogen) atoms.